The summed E-state index contributed by atoms with van der Waals surface area (Å²) >= 11 is 0. The molecule has 1 saturated heterocycles. The highest BCUT2D eigenvalue weighted by atomic mass is 16.5. The van der Waals surface area contributed by atoms with Gasteiger partial charge in [-0.05, 0) is 24.3 Å². The van der Waals surface area contributed by atoms with Gasteiger partial charge in [0.2, 0.25) is 5.95 Å². The number of rotatable bonds is 10. The molecule has 9 nitrogen and oxygen atoms in total. The number of morpholine rings is 1. The quantitative estimate of drug-likeness (QED) is 0.593. The molecular formula is C18H26N6O3. The highest BCUT2D eigenvalue weighted by molar-refractivity contribution is 5.37. The summed E-state index contributed by atoms with van der Waals surface area (Å²) in [5.41, 5.74) is 0. The van der Waals surface area contributed by atoms with Crippen LogP contribution in [0.25, 0.3) is 0 Å². The molecule has 0 atom stereocenters. The first-order valence-electron chi connectivity index (χ1n) is 9.08. The number of aromatic nitrogens is 3. The molecule has 0 amide bonds. The molecule has 1 aromatic heterocycles. The summed E-state index contributed by atoms with van der Waals surface area (Å²) in [6.07, 6.45) is 1.62. The first-order valence-corrected chi connectivity index (χ1v) is 9.08. The fourth-order valence-corrected chi connectivity index (χ4v) is 2.63. The molecule has 3 rings (SSSR count). The number of nitrogens with one attached hydrogen (secondary N) is 2. The minimum atomic E-state index is 0.477. The average molecular weight is 374 g/mol. The molecule has 1 aliphatic rings. The third-order valence-corrected chi connectivity index (χ3v) is 4.11. The van der Waals surface area contributed by atoms with Crippen molar-refractivity contribution in [2.24, 2.45) is 0 Å². The van der Waals surface area contributed by atoms with Crippen molar-refractivity contribution in [3.63, 3.8) is 0 Å². The summed E-state index contributed by atoms with van der Waals surface area (Å²) in [4.78, 5) is 6.77. The maximum atomic E-state index is 5.66. The van der Waals surface area contributed by atoms with Crippen molar-refractivity contribution in [3.05, 3.63) is 30.5 Å². The maximum absolute atomic E-state index is 5.66. The molecule has 0 aliphatic carbocycles. The van der Waals surface area contributed by atoms with Crippen LogP contribution in [0.3, 0.4) is 0 Å². The molecule has 0 saturated carbocycles. The van der Waals surface area contributed by atoms with Crippen LogP contribution in [-0.4, -0.2) is 79.7 Å². The van der Waals surface area contributed by atoms with Gasteiger partial charge in [-0.1, -0.05) is 0 Å². The van der Waals surface area contributed by atoms with Crippen molar-refractivity contribution in [1.29, 1.82) is 0 Å². The number of nitrogens with zero attached hydrogens (tertiary/aromatic N) is 4. The monoisotopic (exact) mass is 374 g/mol. The zero-order chi connectivity index (χ0) is 18.7. The van der Waals surface area contributed by atoms with Gasteiger partial charge in [-0.15, -0.1) is 5.10 Å². The zero-order valence-corrected chi connectivity index (χ0v) is 15.6. The summed E-state index contributed by atoms with van der Waals surface area (Å²) in [5.74, 6) is 2.77. The van der Waals surface area contributed by atoms with E-state index in [9.17, 15) is 0 Å². The van der Waals surface area contributed by atoms with Crippen molar-refractivity contribution in [2.45, 2.75) is 0 Å². The van der Waals surface area contributed by atoms with Gasteiger partial charge >= 0.3 is 0 Å². The Morgan fingerprint density at radius 2 is 1.85 bits per heavy atom. The van der Waals surface area contributed by atoms with Gasteiger partial charge in [0.15, 0.2) is 5.82 Å². The lowest BCUT2D eigenvalue weighted by Gasteiger charge is -2.26. The molecule has 0 bridgehead atoms. The van der Waals surface area contributed by atoms with E-state index in [1.165, 1.54) is 0 Å². The Hall–Kier alpha value is -2.65. The van der Waals surface area contributed by atoms with E-state index in [1.807, 2.05) is 24.3 Å². The van der Waals surface area contributed by atoms with Crippen LogP contribution in [0.5, 0.6) is 11.5 Å². The van der Waals surface area contributed by atoms with Crippen LogP contribution < -0.4 is 20.1 Å². The van der Waals surface area contributed by atoms with E-state index >= 15 is 0 Å². The predicted octanol–water partition coefficient (Wildman–Crippen LogP) is 1.12. The summed E-state index contributed by atoms with van der Waals surface area (Å²) in [5, 5.41) is 14.4. The highest BCUT2D eigenvalue weighted by Gasteiger charge is 2.09. The number of hydrogen-bond acceptors (Lipinski definition) is 9. The second-order valence-electron chi connectivity index (χ2n) is 6.00. The second kappa shape index (κ2) is 10.5. The topological polar surface area (TPSA) is 93.7 Å². The van der Waals surface area contributed by atoms with Gasteiger partial charge in [0.1, 0.15) is 18.1 Å². The number of hydrogen-bond donors (Lipinski definition) is 2. The molecular weight excluding hydrogens is 348 g/mol. The average Bonchev–Trinajstić information content (AvgIpc) is 2.73. The van der Waals surface area contributed by atoms with Crippen molar-refractivity contribution in [2.75, 3.05) is 70.3 Å². The molecule has 1 aromatic carbocycles. The normalized spacial score (nSPS) is 14.6. The SMILES string of the molecule is COc1ccc(OCCNc2nncc(NCCN3CCOCC3)n2)cc1. The van der Waals surface area contributed by atoms with E-state index in [-0.39, 0.29) is 0 Å². The Bertz CT molecular complexity index is 679. The first kappa shape index (κ1) is 19.1. The Morgan fingerprint density at radius 3 is 2.63 bits per heavy atom. The van der Waals surface area contributed by atoms with Crippen LogP contribution in [0.4, 0.5) is 11.8 Å². The molecule has 9 heteroatoms. The number of benzene rings is 1. The molecule has 1 fully saturated rings. The molecule has 2 N–H and O–H groups in total. The Balaban J connectivity index is 1.35. The van der Waals surface area contributed by atoms with E-state index in [0.717, 1.165) is 50.9 Å². The molecule has 2 aromatic rings. The van der Waals surface area contributed by atoms with E-state index in [2.05, 4.69) is 30.7 Å². The van der Waals surface area contributed by atoms with Crippen molar-refractivity contribution >= 4 is 11.8 Å². The van der Waals surface area contributed by atoms with Gasteiger partial charge in [-0.3, -0.25) is 4.90 Å². The third-order valence-electron chi connectivity index (χ3n) is 4.11. The molecule has 146 valence electrons. The molecule has 0 radical (unpaired) electrons. The molecule has 1 aliphatic heterocycles. The summed E-state index contributed by atoms with van der Waals surface area (Å²) in [6, 6.07) is 7.47. The van der Waals surface area contributed by atoms with Gasteiger partial charge in [0.05, 0.1) is 33.1 Å². The Morgan fingerprint density at radius 1 is 1.07 bits per heavy atom. The maximum Gasteiger partial charge on any atom is 0.244 e. The van der Waals surface area contributed by atoms with Crippen LogP contribution >= 0.6 is 0 Å². The zero-order valence-electron chi connectivity index (χ0n) is 15.6. The first-order chi connectivity index (χ1) is 13.3. The number of methoxy groups -OCH3 is 1. The number of ether oxygens (including phenoxy) is 3. The van der Waals surface area contributed by atoms with Crippen LogP contribution in [0.2, 0.25) is 0 Å². The fraction of sp³-hybridized carbons (Fsp3) is 0.500. The third kappa shape index (κ3) is 6.54. The molecule has 0 spiro atoms. The Labute approximate surface area is 159 Å². The van der Waals surface area contributed by atoms with Gasteiger partial charge < -0.3 is 24.8 Å². The van der Waals surface area contributed by atoms with E-state index in [0.29, 0.717) is 24.9 Å². The lowest BCUT2D eigenvalue weighted by Crippen LogP contribution is -2.39. The van der Waals surface area contributed by atoms with E-state index in [4.69, 9.17) is 14.2 Å². The molecule has 0 unspecified atom stereocenters. The van der Waals surface area contributed by atoms with Crippen LogP contribution in [0, 0.1) is 0 Å². The molecule has 27 heavy (non-hydrogen) atoms. The smallest absolute Gasteiger partial charge is 0.244 e. The van der Waals surface area contributed by atoms with Gasteiger partial charge in [-0.2, -0.15) is 10.1 Å². The van der Waals surface area contributed by atoms with Crippen LogP contribution in [0.1, 0.15) is 0 Å². The Kier molecular flexibility index (Phi) is 7.43. The largest absolute Gasteiger partial charge is 0.497 e. The van der Waals surface area contributed by atoms with Gasteiger partial charge in [0, 0.05) is 26.2 Å². The van der Waals surface area contributed by atoms with Crippen molar-refractivity contribution in [3.8, 4) is 11.5 Å². The van der Waals surface area contributed by atoms with Crippen LogP contribution in [0.15, 0.2) is 30.5 Å². The minimum Gasteiger partial charge on any atom is -0.497 e. The van der Waals surface area contributed by atoms with Gasteiger partial charge in [0.25, 0.3) is 0 Å². The fourth-order valence-electron chi connectivity index (χ4n) is 2.63. The lowest BCUT2D eigenvalue weighted by molar-refractivity contribution is 0.0398. The van der Waals surface area contributed by atoms with Gasteiger partial charge in [-0.25, -0.2) is 0 Å². The summed E-state index contributed by atoms with van der Waals surface area (Å²) in [7, 11) is 1.64. The minimum absolute atomic E-state index is 0.477. The van der Waals surface area contributed by atoms with Crippen molar-refractivity contribution < 1.29 is 14.2 Å². The summed E-state index contributed by atoms with van der Waals surface area (Å²) < 4.78 is 16.1. The van der Waals surface area contributed by atoms with E-state index in [1.54, 1.807) is 13.3 Å². The lowest BCUT2D eigenvalue weighted by atomic mass is 10.3. The summed E-state index contributed by atoms with van der Waals surface area (Å²) in [6.45, 7) is 6.39. The second-order valence-corrected chi connectivity index (χ2v) is 6.00. The molecule has 2 heterocycles. The number of anilines is 2. The highest BCUT2D eigenvalue weighted by Crippen LogP contribution is 2.16. The standard InChI is InChI=1S/C18H26N6O3/c1-25-15-2-4-16(5-3-15)27-11-7-20-18-22-17(14-21-23-18)19-6-8-24-9-12-26-13-10-24/h2-5,14H,6-13H2,1H3,(H2,19,20,22,23). The predicted molar refractivity (Wildman–Crippen MR) is 103 cm³/mol. The van der Waals surface area contributed by atoms with Crippen molar-refractivity contribution in [1.82, 2.24) is 20.1 Å². The van der Waals surface area contributed by atoms with E-state index < -0.39 is 0 Å². The van der Waals surface area contributed by atoms with Crippen LogP contribution in [-0.2, 0) is 4.74 Å².